The van der Waals surface area contributed by atoms with Crippen LogP contribution in [0.25, 0.3) is 0 Å². The van der Waals surface area contributed by atoms with Crippen LogP contribution in [0.5, 0.6) is 0 Å². The third-order valence-electron chi connectivity index (χ3n) is 3.88. The van der Waals surface area contributed by atoms with E-state index in [1.807, 2.05) is 13.8 Å². The van der Waals surface area contributed by atoms with Crippen LogP contribution in [-0.4, -0.2) is 22.6 Å². The van der Waals surface area contributed by atoms with E-state index in [9.17, 15) is 0 Å². The van der Waals surface area contributed by atoms with Crippen molar-refractivity contribution in [3.63, 3.8) is 0 Å². The highest BCUT2D eigenvalue weighted by atomic mass is 35.5. The molecule has 2 rings (SSSR count). The van der Waals surface area contributed by atoms with Crippen molar-refractivity contribution in [2.24, 2.45) is 0 Å². The molecule has 4 heteroatoms. The summed E-state index contributed by atoms with van der Waals surface area (Å²) < 4.78 is 0. The van der Waals surface area contributed by atoms with E-state index in [2.05, 4.69) is 21.8 Å². The summed E-state index contributed by atoms with van der Waals surface area (Å²) in [6.45, 7) is 7.06. The maximum absolute atomic E-state index is 6.28. The fourth-order valence-corrected chi connectivity index (χ4v) is 3.00. The van der Waals surface area contributed by atoms with Gasteiger partial charge in [0, 0.05) is 12.6 Å². The van der Waals surface area contributed by atoms with E-state index in [0.29, 0.717) is 11.2 Å². The van der Waals surface area contributed by atoms with Crippen LogP contribution < -0.4 is 4.90 Å². The van der Waals surface area contributed by atoms with Gasteiger partial charge in [-0.2, -0.15) is 0 Å². The average Bonchev–Trinajstić information content (AvgIpc) is 2.38. The van der Waals surface area contributed by atoms with Crippen molar-refractivity contribution in [1.29, 1.82) is 0 Å². The molecule has 1 aliphatic carbocycles. The minimum absolute atomic E-state index is 0.547. The van der Waals surface area contributed by atoms with Gasteiger partial charge < -0.3 is 4.90 Å². The number of hydrogen-bond donors (Lipinski definition) is 0. The first kappa shape index (κ1) is 13.6. The van der Waals surface area contributed by atoms with Gasteiger partial charge in [-0.15, -0.1) is 0 Å². The smallest absolute Gasteiger partial charge is 0.171 e. The Morgan fingerprint density at radius 2 is 1.72 bits per heavy atom. The fraction of sp³-hybridized carbons (Fsp3) is 0.714. The van der Waals surface area contributed by atoms with Crippen LogP contribution in [0.15, 0.2) is 0 Å². The number of aromatic nitrogens is 2. The molecule has 0 aromatic carbocycles. The van der Waals surface area contributed by atoms with E-state index in [0.717, 1.165) is 23.8 Å². The second kappa shape index (κ2) is 5.87. The Morgan fingerprint density at radius 3 is 2.33 bits per heavy atom. The van der Waals surface area contributed by atoms with Crippen molar-refractivity contribution < 1.29 is 0 Å². The van der Waals surface area contributed by atoms with E-state index < -0.39 is 0 Å². The summed E-state index contributed by atoms with van der Waals surface area (Å²) in [7, 11) is 0. The van der Waals surface area contributed by atoms with Gasteiger partial charge >= 0.3 is 0 Å². The number of aryl methyl sites for hydroxylation is 2. The minimum Gasteiger partial charge on any atom is -0.351 e. The molecule has 3 nitrogen and oxygen atoms in total. The molecule has 18 heavy (non-hydrogen) atoms. The zero-order valence-corrected chi connectivity index (χ0v) is 12.3. The molecule has 1 heterocycles. The van der Waals surface area contributed by atoms with Gasteiger partial charge in [0.15, 0.2) is 11.0 Å². The third kappa shape index (κ3) is 2.77. The summed E-state index contributed by atoms with van der Waals surface area (Å²) in [6.07, 6.45) is 6.49. The largest absolute Gasteiger partial charge is 0.351 e. The first-order chi connectivity index (χ1) is 8.63. The summed E-state index contributed by atoms with van der Waals surface area (Å²) in [5.74, 6) is 0.870. The highest BCUT2D eigenvalue weighted by molar-refractivity contribution is 6.31. The molecule has 100 valence electrons. The molecular weight excluding hydrogens is 246 g/mol. The Morgan fingerprint density at radius 1 is 1.11 bits per heavy atom. The zero-order chi connectivity index (χ0) is 13.1. The molecule has 1 saturated carbocycles. The normalized spacial score (nSPS) is 16.9. The molecular formula is C14H22ClN3. The second-order valence-electron chi connectivity index (χ2n) is 5.09. The van der Waals surface area contributed by atoms with Gasteiger partial charge in [-0.3, -0.25) is 0 Å². The molecule has 0 unspecified atom stereocenters. The maximum Gasteiger partial charge on any atom is 0.171 e. The molecule has 1 fully saturated rings. The van der Waals surface area contributed by atoms with Crippen LogP contribution >= 0.6 is 11.6 Å². The number of halogens is 1. The molecule has 0 bridgehead atoms. The van der Waals surface area contributed by atoms with E-state index in [-0.39, 0.29) is 0 Å². The molecule has 0 atom stereocenters. The Hall–Kier alpha value is -0.830. The number of rotatable bonds is 3. The lowest BCUT2D eigenvalue weighted by Crippen LogP contribution is -2.37. The summed E-state index contributed by atoms with van der Waals surface area (Å²) in [5.41, 5.74) is 1.90. The summed E-state index contributed by atoms with van der Waals surface area (Å²) >= 11 is 6.28. The zero-order valence-electron chi connectivity index (χ0n) is 11.5. The van der Waals surface area contributed by atoms with Gasteiger partial charge in [0.05, 0.1) is 11.4 Å². The number of nitrogens with zero attached hydrogens (tertiary/aromatic N) is 3. The fourth-order valence-electron chi connectivity index (χ4n) is 2.72. The Kier molecular flexibility index (Phi) is 4.44. The first-order valence-electron chi connectivity index (χ1n) is 6.91. The summed E-state index contributed by atoms with van der Waals surface area (Å²) in [4.78, 5) is 11.4. The van der Waals surface area contributed by atoms with Crippen molar-refractivity contribution >= 4 is 17.4 Å². The van der Waals surface area contributed by atoms with Gasteiger partial charge in [-0.25, -0.2) is 9.97 Å². The van der Waals surface area contributed by atoms with Crippen molar-refractivity contribution in [1.82, 2.24) is 9.97 Å². The molecule has 1 aliphatic rings. The predicted molar refractivity (Wildman–Crippen MR) is 76.4 cm³/mol. The van der Waals surface area contributed by atoms with Gasteiger partial charge in [0.1, 0.15) is 0 Å². The monoisotopic (exact) mass is 267 g/mol. The molecule has 1 aromatic heterocycles. The van der Waals surface area contributed by atoms with Crippen LogP contribution in [0.4, 0.5) is 5.82 Å². The lowest BCUT2D eigenvalue weighted by atomic mass is 9.94. The predicted octanol–water partition coefficient (Wildman–Crippen LogP) is 3.91. The molecule has 0 amide bonds. The van der Waals surface area contributed by atoms with Crippen LogP contribution in [0, 0.1) is 13.8 Å². The van der Waals surface area contributed by atoms with Gasteiger partial charge in [0.25, 0.3) is 0 Å². The van der Waals surface area contributed by atoms with Gasteiger partial charge in [-0.1, -0.05) is 30.9 Å². The first-order valence-corrected chi connectivity index (χ1v) is 7.28. The number of hydrogen-bond acceptors (Lipinski definition) is 3. The highest BCUT2D eigenvalue weighted by Crippen LogP contribution is 2.30. The molecule has 0 saturated heterocycles. The molecule has 0 radical (unpaired) electrons. The van der Waals surface area contributed by atoms with Crippen LogP contribution in [0.1, 0.15) is 50.4 Å². The SMILES string of the molecule is CCN(c1nc(C)c(C)nc1Cl)C1CCCCC1. The van der Waals surface area contributed by atoms with Gasteiger partial charge in [-0.05, 0) is 33.6 Å². The average molecular weight is 268 g/mol. The molecule has 0 aliphatic heterocycles. The lowest BCUT2D eigenvalue weighted by molar-refractivity contribution is 0.416. The van der Waals surface area contributed by atoms with Crippen molar-refractivity contribution in [3.8, 4) is 0 Å². The Balaban J connectivity index is 2.28. The van der Waals surface area contributed by atoms with Crippen molar-refractivity contribution in [3.05, 3.63) is 16.5 Å². The van der Waals surface area contributed by atoms with E-state index in [1.165, 1.54) is 32.1 Å². The number of anilines is 1. The Bertz CT molecular complexity index is 414. The van der Waals surface area contributed by atoms with E-state index >= 15 is 0 Å². The molecule has 0 spiro atoms. The molecule has 0 N–H and O–H groups in total. The van der Waals surface area contributed by atoms with Gasteiger partial charge in [0.2, 0.25) is 0 Å². The minimum atomic E-state index is 0.547. The van der Waals surface area contributed by atoms with Crippen molar-refractivity contribution in [2.45, 2.75) is 58.9 Å². The van der Waals surface area contributed by atoms with Crippen LogP contribution in [0.3, 0.4) is 0 Å². The maximum atomic E-state index is 6.28. The topological polar surface area (TPSA) is 29.0 Å². The standard InChI is InChI=1S/C14H22ClN3/c1-4-18(12-8-6-5-7-9-12)14-13(15)16-10(2)11(3)17-14/h12H,4-9H2,1-3H3. The second-order valence-corrected chi connectivity index (χ2v) is 5.44. The Labute approximate surface area is 115 Å². The van der Waals surface area contributed by atoms with Crippen LogP contribution in [-0.2, 0) is 0 Å². The third-order valence-corrected chi connectivity index (χ3v) is 4.13. The summed E-state index contributed by atoms with van der Waals surface area (Å²) in [6, 6.07) is 0.581. The quantitative estimate of drug-likeness (QED) is 0.832. The lowest BCUT2D eigenvalue weighted by Gasteiger charge is -2.34. The van der Waals surface area contributed by atoms with Crippen LogP contribution in [0.2, 0.25) is 5.15 Å². The highest BCUT2D eigenvalue weighted by Gasteiger charge is 2.23. The van der Waals surface area contributed by atoms with E-state index in [1.54, 1.807) is 0 Å². The molecule has 1 aromatic rings. The summed E-state index contributed by atoms with van der Waals surface area (Å²) in [5, 5.41) is 0.547. The van der Waals surface area contributed by atoms with E-state index in [4.69, 9.17) is 11.6 Å². The van der Waals surface area contributed by atoms with Crippen molar-refractivity contribution in [2.75, 3.05) is 11.4 Å².